The van der Waals surface area contributed by atoms with Gasteiger partial charge in [-0.15, -0.1) is 0 Å². The number of carbonyl (C=O) groups excluding carboxylic acids is 2. The summed E-state index contributed by atoms with van der Waals surface area (Å²) in [6.45, 7) is 9.88. The first-order chi connectivity index (χ1) is 19.1. The first kappa shape index (κ1) is 27.8. The molecular weight excluding hydrogens is 530 g/mol. The molecule has 0 saturated heterocycles. The van der Waals surface area contributed by atoms with Gasteiger partial charge in [0.1, 0.15) is 11.4 Å². The van der Waals surface area contributed by atoms with Gasteiger partial charge in [0.2, 0.25) is 0 Å². The number of ether oxygens (including phenoxy) is 2. The maximum Gasteiger partial charge on any atom is 0.412 e. The average molecular weight is 564 g/mol. The summed E-state index contributed by atoms with van der Waals surface area (Å²) >= 11 is 7.05. The van der Waals surface area contributed by atoms with E-state index in [0.717, 1.165) is 52.2 Å². The van der Waals surface area contributed by atoms with Crippen LogP contribution in [0.3, 0.4) is 0 Å². The third kappa shape index (κ3) is 5.45. The smallest absolute Gasteiger partial charge is 0.412 e. The first-order valence-corrected chi connectivity index (χ1v) is 14.0. The number of hydrogen-bond donors (Lipinski definition) is 1. The molecule has 1 aromatic heterocycles. The second-order valence-corrected chi connectivity index (χ2v) is 11.3. The fourth-order valence-electron chi connectivity index (χ4n) is 5.05. The van der Waals surface area contributed by atoms with Gasteiger partial charge < -0.3 is 18.5 Å². The van der Waals surface area contributed by atoms with Gasteiger partial charge >= 0.3 is 12.1 Å². The van der Waals surface area contributed by atoms with Gasteiger partial charge in [-0.3, -0.25) is 5.32 Å². The van der Waals surface area contributed by atoms with E-state index >= 15 is 0 Å². The Hall–Kier alpha value is -3.78. The number of esters is 1. The highest BCUT2D eigenvalue weighted by atomic mass is 35.5. The Bertz CT molecular complexity index is 1530. The number of hydrogen-bond acceptors (Lipinski definition) is 6. The van der Waals surface area contributed by atoms with E-state index < -0.39 is 11.7 Å². The summed E-state index contributed by atoms with van der Waals surface area (Å²) < 4.78 is 18.5. The van der Waals surface area contributed by atoms with E-state index in [-0.39, 0.29) is 18.5 Å². The summed E-state index contributed by atoms with van der Waals surface area (Å²) in [4.78, 5) is 30.9. The van der Waals surface area contributed by atoms with Gasteiger partial charge in [0.15, 0.2) is 5.69 Å². The van der Waals surface area contributed by atoms with Crippen LogP contribution in [0.25, 0.3) is 22.3 Å². The van der Waals surface area contributed by atoms with E-state index in [1.54, 1.807) is 19.5 Å². The minimum Gasteiger partial charge on any atom is -0.472 e. The Balaban J connectivity index is 1.67. The van der Waals surface area contributed by atoms with Crippen molar-refractivity contribution in [2.75, 3.05) is 11.9 Å². The van der Waals surface area contributed by atoms with Crippen molar-refractivity contribution in [3.8, 4) is 22.3 Å². The highest BCUT2D eigenvalue weighted by Gasteiger charge is 2.36. The van der Waals surface area contributed by atoms with Crippen molar-refractivity contribution in [1.82, 2.24) is 9.55 Å². The zero-order valence-electron chi connectivity index (χ0n) is 23.5. The molecule has 2 aromatic rings. The number of halogens is 1. The van der Waals surface area contributed by atoms with Crippen LogP contribution in [0.1, 0.15) is 80.9 Å². The molecule has 1 aromatic carbocycles. The number of nitrogens with one attached hydrogen (secondary N) is 1. The molecule has 1 amide bonds. The third-order valence-corrected chi connectivity index (χ3v) is 7.24. The van der Waals surface area contributed by atoms with Crippen molar-refractivity contribution in [2.24, 2.45) is 0 Å². The maximum atomic E-state index is 13.3. The molecule has 3 aliphatic rings. The second-order valence-electron chi connectivity index (χ2n) is 10.9. The van der Waals surface area contributed by atoms with Crippen molar-refractivity contribution in [3.63, 3.8) is 0 Å². The number of aryl methyl sites for hydroxylation is 1. The molecule has 0 spiro atoms. The number of anilines is 1. The van der Waals surface area contributed by atoms with Crippen LogP contribution in [0.2, 0.25) is 5.02 Å². The summed E-state index contributed by atoms with van der Waals surface area (Å²) in [5.41, 5.74) is 5.17. The lowest BCUT2D eigenvalue weighted by Gasteiger charge is -2.21. The molecule has 0 atom stereocenters. The standard InChI is InChI=1S/C31H34ClN3O5/c1-6-24-34-27(18-12-13-18)28(29(36)39-7-2)35(24)16-21-19-14-15-38-17-22(19)26(32)25(21)20-10-8-9-11-23(20)33-30(37)40-31(3,4)5/h8-11,14-15,17-18H,6-7,12-13,16H2,1-5H3,(H,33,37). The highest BCUT2D eigenvalue weighted by molar-refractivity contribution is 6.37. The molecule has 2 aliphatic carbocycles. The van der Waals surface area contributed by atoms with Crippen molar-refractivity contribution < 1.29 is 23.5 Å². The molecule has 210 valence electrons. The van der Waals surface area contributed by atoms with Gasteiger partial charge in [-0.2, -0.15) is 0 Å². The Morgan fingerprint density at radius 1 is 1.12 bits per heavy atom. The summed E-state index contributed by atoms with van der Waals surface area (Å²) in [5, 5.41) is 3.38. The number of benzene rings is 1. The van der Waals surface area contributed by atoms with Gasteiger partial charge in [0, 0.05) is 29.0 Å². The van der Waals surface area contributed by atoms with E-state index in [4.69, 9.17) is 30.5 Å². The fraction of sp³-hybridized carbons (Fsp3) is 0.387. The van der Waals surface area contributed by atoms with Crippen LogP contribution in [-0.2, 0) is 22.4 Å². The normalized spacial score (nSPS) is 13.4. The fourth-order valence-corrected chi connectivity index (χ4v) is 5.41. The maximum absolute atomic E-state index is 13.3. The molecule has 1 fully saturated rings. The lowest BCUT2D eigenvalue weighted by molar-refractivity contribution is 0.0511. The van der Waals surface area contributed by atoms with Crippen molar-refractivity contribution >= 4 is 29.4 Å². The number of imidazole rings is 1. The molecule has 1 aliphatic heterocycles. The van der Waals surface area contributed by atoms with E-state index in [0.29, 0.717) is 29.4 Å². The molecule has 5 rings (SSSR count). The molecule has 8 nitrogen and oxygen atoms in total. The predicted molar refractivity (Wildman–Crippen MR) is 154 cm³/mol. The van der Waals surface area contributed by atoms with Crippen LogP contribution in [0, 0.1) is 0 Å². The van der Waals surface area contributed by atoms with Crippen LogP contribution >= 0.6 is 11.6 Å². The lowest BCUT2D eigenvalue weighted by atomic mass is 10.0. The van der Waals surface area contributed by atoms with Crippen LogP contribution < -0.4 is 5.32 Å². The van der Waals surface area contributed by atoms with E-state index in [1.165, 1.54) is 0 Å². The van der Waals surface area contributed by atoms with Crippen LogP contribution in [0.15, 0.2) is 47.3 Å². The molecule has 2 heterocycles. The van der Waals surface area contributed by atoms with Gasteiger partial charge in [0.05, 0.1) is 42.1 Å². The van der Waals surface area contributed by atoms with E-state index in [2.05, 4.69) is 5.32 Å². The topological polar surface area (TPSA) is 95.6 Å². The molecule has 9 heteroatoms. The summed E-state index contributed by atoms with van der Waals surface area (Å²) in [7, 11) is 0. The molecular formula is C31H34ClN3O5. The number of rotatable bonds is 8. The summed E-state index contributed by atoms with van der Waals surface area (Å²) in [6.07, 6.45) is 5.32. The summed E-state index contributed by atoms with van der Waals surface area (Å²) in [6, 6.07) is 9.32. The number of nitrogens with zero attached hydrogens (tertiary/aromatic N) is 2. The highest BCUT2D eigenvalue weighted by Crippen LogP contribution is 2.49. The van der Waals surface area contributed by atoms with Crippen LogP contribution in [0.5, 0.6) is 0 Å². The number of aromatic nitrogens is 2. The third-order valence-electron chi connectivity index (χ3n) is 6.84. The van der Waals surface area contributed by atoms with E-state index in [9.17, 15) is 9.59 Å². The average Bonchev–Trinajstić information content (AvgIpc) is 3.63. The Morgan fingerprint density at radius 2 is 1.88 bits per heavy atom. The number of amides is 1. The van der Waals surface area contributed by atoms with Crippen LogP contribution in [0.4, 0.5) is 10.5 Å². The predicted octanol–water partition coefficient (Wildman–Crippen LogP) is 7.91. The monoisotopic (exact) mass is 563 g/mol. The Morgan fingerprint density at radius 3 is 2.55 bits per heavy atom. The van der Waals surface area contributed by atoms with Crippen LogP contribution in [-0.4, -0.2) is 33.8 Å². The molecule has 40 heavy (non-hydrogen) atoms. The molecule has 1 saturated carbocycles. The number of para-hydroxylation sites is 1. The summed E-state index contributed by atoms with van der Waals surface area (Å²) in [5.74, 6) is 0.701. The first-order valence-electron chi connectivity index (χ1n) is 13.6. The SMILES string of the molecule is CCOC(=O)c1c(C2CC2)nc(CC)n1Cc1c2ccocc-2c(Cl)c1-c1ccccc1NC(=O)OC(C)(C)C. The van der Waals surface area contributed by atoms with E-state index in [1.807, 2.05) is 62.6 Å². The quantitative estimate of drug-likeness (QED) is 0.219. The lowest BCUT2D eigenvalue weighted by Crippen LogP contribution is -2.27. The number of fused-ring (bicyclic) bond motifs is 1. The molecule has 1 N–H and O–H groups in total. The van der Waals surface area contributed by atoms with Crippen molar-refractivity contribution in [3.05, 3.63) is 70.7 Å². The second kappa shape index (κ2) is 11.0. The van der Waals surface area contributed by atoms with Gasteiger partial charge in [-0.25, -0.2) is 14.6 Å². The van der Waals surface area contributed by atoms with Gasteiger partial charge in [-0.05, 0) is 63.8 Å². The van der Waals surface area contributed by atoms with Crippen molar-refractivity contribution in [2.45, 2.75) is 71.9 Å². The molecule has 0 unspecified atom stereocenters. The zero-order chi connectivity index (χ0) is 28.6. The number of carbonyl (C=O) groups is 2. The molecule has 0 radical (unpaired) electrons. The van der Waals surface area contributed by atoms with Gasteiger partial charge in [0.25, 0.3) is 0 Å². The van der Waals surface area contributed by atoms with Crippen molar-refractivity contribution in [1.29, 1.82) is 0 Å². The van der Waals surface area contributed by atoms with Gasteiger partial charge in [-0.1, -0.05) is 36.7 Å². The molecule has 0 bridgehead atoms. The zero-order valence-corrected chi connectivity index (χ0v) is 24.2. The minimum absolute atomic E-state index is 0.267. The Labute approximate surface area is 239 Å². The largest absolute Gasteiger partial charge is 0.472 e. The Kier molecular flexibility index (Phi) is 7.64. The minimum atomic E-state index is -0.654.